The van der Waals surface area contributed by atoms with E-state index in [2.05, 4.69) is 6.58 Å². The topological polar surface area (TPSA) is 49.7 Å². The van der Waals surface area contributed by atoms with Gasteiger partial charge in [0.15, 0.2) is 5.60 Å². The fourth-order valence-corrected chi connectivity index (χ4v) is 3.26. The minimum atomic E-state index is -6.19. The van der Waals surface area contributed by atoms with Crippen molar-refractivity contribution >= 4 is 0 Å². The van der Waals surface area contributed by atoms with Crippen LogP contribution in [0.2, 0.25) is 0 Å². The molecular formula is C15H19F9O3. The van der Waals surface area contributed by atoms with Crippen LogP contribution in [-0.2, 0) is 4.74 Å². The maximum Gasteiger partial charge on any atom is 0.426 e. The molecule has 1 aliphatic carbocycles. The van der Waals surface area contributed by atoms with Gasteiger partial charge in [-0.05, 0) is 32.1 Å². The van der Waals surface area contributed by atoms with Gasteiger partial charge in [0.1, 0.15) is 0 Å². The van der Waals surface area contributed by atoms with Gasteiger partial charge < -0.3 is 14.9 Å². The minimum Gasteiger partial charge on any atom is -0.380 e. The summed E-state index contributed by atoms with van der Waals surface area (Å²) in [6, 6.07) is 0. The smallest absolute Gasteiger partial charge is 0.380 e. The normalized spacial score (nSPS) is 27.9. The summed E-state index contributed by atoms with van der Waals surface area (Å²) in [6.07, 6.45) is -21.0. The highest BCUT2D eigenvalue weighted by molar-refractivity contribution is 5.05. The first-order chi connectivity index (χ1) is 11.9. The van der Waals surface area contributed by atoms with Crippen LogP contribution in [0, 0.1) is 11.8 Å². The average molecular weight is 418 g/mol. The largest absolute Gasteiger partial charge is 0.426 e. The maximum atomic E-state index is 13.1. The van der Waals surface area contributed by atoms with Gasteiger partial charge in [-0.15, -0.1) is 6.58 Å². The third-order valence-electron chi connectivity index (χ3n) is 4.94. The second-order valence-corrected chi connectivity index (χ2v) is 6.75. The van der Waals surface area contributed by atoms with Crippen LogP contribution in [0.3, 0.4) is 0 Å². The SMILES string of the molecule is C=CCOC1CC(C(C)(O)C(F)(F)F)CC(C(O)(C(F)(F)F)C(F)(F)F)C1. The lowest BCUT2D eigenvalue weighted by atomic mass is 9.66. The molecule has 0 saturated heterocycles. The molecule has 0 spiro atoms. The molecule has 4 unspecified atom stereocenters. The van der Waals surface area contributed by atoms with E-state index in [1.165, 1.54) is 0 Å². The van der Waals surface area contributed by atoms with Crippen LogP contribution < -0.4 is 0 Å². The van der Waals surface area contributed by atoms with Gasteiger partial charge in [-0.25, -0.2) is 0 Å². The second-order valence-electron chi connectivity index (χ2n) is 6.75. The zero-order chi connectivity index (χ0) is 21.5. The van der Waals surface area contributed by atoms with Gasteiger partial charge in [0.05, 0.1) is 12.7 Å². The lowest BCUT2D eigenvalue weighted by molar-refractivity contribution is -0.391. The molecule has 0 aromatic carbocycles. The van der Waals surface area contributed by atoms with Gasteiger partial charge in [0.2, 0.25) is 0 Å². The Bertz CT molecular complexity index is 508. The Kier molecular flexibility index (Phi) is 6.61. The molecule has 160 valence electrons. The predicted molar refractivity (Wildman–Crippen MR) is 74.5 cm³/mol. The Labute approximate surface area is 148 Å². The molecule has 1 aliphatic rings. The Morgan fingerprint density at radius 1 is 0.852 bits per heavy atom. The van der Waals surface area contributed by atoms with Crippen molar-refractivity contribution in [1.82, 2.24) is 0 Å². The third-order valence-corrected chi connectivity index (χ3v) is 4.94. The molecule has 1 fully saturated rings. The quantitative estimate of drug-likeness (QED) is 0.521. The van der Waals surface area contributed by atoms with E-state index in [0.29, 0.717) is 0 Å². The van der Waals surface area contributed by atoms with Crippen molar-refractivity contribution in [2.45, 2.75) is 62.0 Å². The van der Waals surface area contributed by atoms with E-state index in [9.17, 15) is 49.7 Å². The molecule has 1 saturated carbocycles. The van der Waals surface area contributed by atoms with Crippen molar-refractivity contribution in [3.8, 4) is 0 Å². The molecule has 0 aromatic heterocycles. The van der Waals surface area contributed by atoms with Crippen LogP contribution in [0.5, 0.6) is 0 Å². The predicted octanol–water partition coefficient (Wildman–Crippen LogP) is 4.14. The standard InChI is InChI=1S/C15H19F9O3/c1-3-4-27-10-6-8(11(2,25)13(16,17)18)5-9(7-10)12(26,14(19,20)21)15(22,23)24/h3,8-10,25-26H,1,4-7H2,2H3. The molecule has 0 radical (unpaired) electrons. The number of aliphatic hydroxyl groups is 2. The van der Waals surface area contributed by atoms with Gasteiger partial charge in [-0.3, -0.25) is 0 Å². The van der Waals surface area contributed by atoms with Crippen molar-refractivity contribution in [3.05, 3.63) is 12.7 Å². The van der Waals surface area contributed by atoms with Gasteiger partial charge >= 0.3 is 18.5 Å². The molecular weight excluding hydrogens is 399 g/mol. The number of halogens is 9. The lowest BCUT2D eigenvalue weighted by Gasteiger charge is -2.47. The fourth-order valence-electron chi connectivity index (χ4n) is 3.26. The molecule has 3 nitrogen and oxygen atoms in total. The first-order valence-corrected chi connectivity index (χ1v) is 7.77. The van der Waals surface area contributed by atoms with Crippen molar-refractivity contribution in [2.24, 2.45) is 11.8 Å². The van der Waals surface area contributed by atoms with Crippen molar-refractivity contribution in [2.75, 3.05) is 6.61 Å². The van der Waals surface area contributed by atoms with Crippen LogP contribution in [0.25, 0.3) is 0 Å². The highest BCUT2D eigenvalue weighted by atomic mass is 19.4. The summed E-state index contributed by atoms with van der Waals surface area (Å²) in [5.74, 6) is -4.75. The minimum absolute atomic E-state index is 0.269. The lowest BCUT2D eigenvalue weighted by Crippen LogP contribution is -2.64. The highest BCUT2D eigenvalue weighted by Gasteiger charge is 2.74. The summed E-state index contributed by atoms with van der Waals surface area (Å²) < 4.78 is 123. The molecule has 4 atom stereocenters. The molecule has 0 amide bonds. The number of hydrogen-bond acceptors (Lipinski definition) is 3. The van der Waals surface area contributed by atoms with Crippen molar-refractivity contribution in [1.29, 1.82) is 0 Å². The van der Waals surface area contributed by atoms with Crippen LogP contribution in [0.1, 0.15) is 26.2 Å². The van der Waals surface area contributed by atoms with E-state index in [1.807, 2.05) is 0 Å². The number of ether oxygens (including phenoxy) is 1. The Hall–Kier alpha value is -1.01. The van der Waals surface area contributed by atoms with Gasteiger partial charge in [0, 0.05) is 5.92 Å². The molecule has 12 heteroatoms. The van der Waals surface area contributed by atoms with E-state index in [-0.39, 0.29) is 13.5 Å². The molecule has 0 aliphatic heterocycles. The first kappa shape index (κ1) is 24.0. The van der Waals surface area contributed by atoms with E-state index in [0.717, 1.165) is 6.08 Å². The van der Waals surface area contributed by atoms with Crippen LogP contribution >= 0.6 is 0 Å². The zero-order valence-electron chi connectivity index (χ0n) is 14.0. The van der Waals surface area contributed by atoms with E-state index >= 15 is 0 Å². The maximum absolute atomic E-state index is 13.1. The van der Waals surface area contributed by atoms with Crippen molar-refractivity contribution < 1.29 is 54.5 Å². The molecule has 0 aromatic rings. The summed E-state index contributed by atoms with van der Waals surface area (Å²) in [5.41, 5.74) is -8.81. The van der Waals surface area contributed by atoms with E-state index < -0.39 is 66.9 Å². The molecule has 27 heavy (non-hydrogen) atoms. The Morgan fingerprint density at radius 3 is 1.67 bits per heavy atom. The first-order valence-electron chi connectivity index (χ1n) is 7.77. The zero-order valence-corrected chi connectivity index (χ0v) is 14.0. The Morgan fingerprint density at radius 2 is 1.30 bits per heavy atom. The van der Waals surface area contributed by atoms with Gasteiger partial charge in [-0.1, -0.05) is 6.08 Å². The molecule has 2 N–H and O–H groups in total. The van der Waals surface area contributed by atoms with Crippen LogP contribution in [0.4, 0.5) is 39.5 Å². The molecule has 0 bridgehead atoms. The highest BCUT2D eigenvalue weighted by Crippen LogP contribution is 2.55. The summed E-state index contributed by atoms with van der Waals surface area (Å²) >= 11 is 0. The third kappa shape index (κ3) is 4.53. The number of alkyl halides is 9. The Balaban J connectivity index is 3.38. The fraction of sp³-hybridized carbons (Fsp3) is 0.867. The summed E-state index contributed by atoms with van der Waals surface area (Å²) in [7, 11) is 0. The van der Waals surface area contributed by atoms with Crippen LogP contribution in [0.15, 0.2) is 12.7 Å². The monoisotopic (exact) mass is 418 g/mol. The number of rotatable bonds is 5. The van der Waals surface area contributed by atoms with Crippen molar-refractivity contribution in [3.63, 3.8) is 0 Å². The summed E-state index contributed by atoms with van der Waals surface area (Å²) in [4.78, 5) is 0. The van der Waals surface area contributed by atoms with E-state index in [1.54, 1.807) is 0 Å². The molecule has 1 rings (SSSR count). The molecule has 0 heterocycles. The number of hydrogen-bond donors (Lipinski definition) is 2. The van der Waals surface area contributed by atoms with E-state index in [4.69, 9.17) is 4.74 Å². The average Bonchev–Trinajstić information content (AvgIpc) is 2.48. The summed E-state index contributed by atoms with van der Waals surface area (Å²) in [5, 5.41) is 19.3. The second kappa shape index (κ2) is 7.43. The van der Waals surface area contributed by atoms with Gasteiger partial charge in [0.25, 0.3) is 5.60 Å². The van der Waals surface area contributed by atoms with Crippen LogP contribution in [-0.4, -0.2) is 52.7 Å². The van der Waals surface area contributed by atoms with Gasteiger partial charge in [-0.2, -0.15) is 39.5 Å². The summed E-state index contributed by atoms with van der Waals surface area (Å²) in [6.45, 7) is 3.16.